The van der Waals surface area contributed by atoms with Crippen LogP contribution in [0.25, 0.3) is 11.4 Å². The zero-order chi connectivity index (χ0) is 24.4. The van der Waals surface area contributed by atoms with Crippen molar-refractivity contribution in [1.82, 2.24) is 19.9 Å². The van der Waals surface area contributed by atoms with Crippen LogP contribution in [0.3, 0.4) is 0 Å². The second-order valence-electron chi connectivity index (χ2n) is 9.63. The van der Waals surface area contributed by atoms with Gasteiger partial charge < -0.3 is 14.3 Å². The number of halogens is 1. The van der Waals surface area contributed by atoms with Gasteiger partial charge in [0.25, 0.3) is 0 Å². The summed E-state index contributed by atoms with van der Waals surface area (Å²) in [6.07, 6.45) is 1.93. The van der Waals surface area contributed by atoms with Crippen LogP contribution < -0.4 is 4.90 Å². The number of likely N-dealkylation sites (tertiary alicyclic amines) is 1. The first kappa shape index (κ1) is 23.8. The number of piperidine rings is 1. The lowest BCUT2D eigenvalue weighted by molar-refractivity contribution is -0.137. The highest BCUT2D eigenvalue weighted by atomic mass is 35.5. The van der Waals surface area contributed by atoms with Crippen LogP contribution in [0.5, 0.6) is 0 Å². The highest BCUT2D eigenvalue weighted by Gasteiger charge is 2.32. The van der Waals surface area contributed by atoms with Gasteiger partial charge in [0.05, 0.1) is 12.5 Å². The fourth-order valence-corrected chi connectivity index (χ4v) is 5.35. The molecule has 7 nitrogen and oxygen atoms in total. The van der Waals surface area contributed by atoms with E-state index in [2.05, 4.69) is 56.9 Å². The Kier molecular flexibility index (Phi) is 7.07. The third-order valence-electron chi connectivity index (χ3n) is 7.27. The van der Waals surface area contributed by atoms with Gasteiger partial charge in [0, 0.05) is 49.0 Å². The molecule has 1 atom stereocenters. The normalized spacial score (nSPS) is 19.2. The van der Waals surface area contributed by atoms with Crippen molar-refractivity contribution in [2.24, 2.45) is 5.92 Å². The van der Waals surface area contributed by atoms with E-state index in [1.807, 2.05) is 24.3 Å². The van der Waals surface area contributed by atoms with Crippen LogP contribution in [0.1, 0.15) is 29.9 Å². The molecule has 8 heteroatoms. The van der Waals surface area contributed by atoms with Crippen molar-refractivity contribution in [3.05, 3.63) is 64.5 Å². The van der Waals surface area contributed by atoms with E-state index in [1.54, 1.807) is 0 Å². The quantitative estimate of drug-likeness (QED) is 0.519. The molecule has 1 aromatic heterocycles. The van der Waals surface area contributed by atoms with Gasteiger partial charge in [-0.2, -0.15) is 4.98 Å². The molecule has 35 heavy (non-hydrogen) atoms. The van der Waals surface area contributed by atoms with Crippen molar-refractivity contribution >= 4 is 23.2 Å². The summed E-state index contributed by atoms with van der Waals surface area (Å²) in [7, 11) is 0. The van der Waals surface area contributed by atoms with Gasteiger partial charge in [-0.3, -0.25) is 9.69 Å². The lowest BCUT2D eigenvalue weighted by Gasteiger charge is -2.40. The second-order valence-corrected chi connectivity index (χ2v) is 10.1. The fraction of sp³-hybridized carbons (Fsp3) is 0.444. The maximum absolute atomic E-state index is 13.4. The number of anilines is 1. The summed E-state index contributed by atoms with van der Waals surface area (Å²) >= 11 is 6.09. The predicted octanol–water partition coefficient (Wildman–Crippen LogP) is 4.57. The van der Waals surface area contributed by atoms with Gasteiger partial charge in [0.1, 0.15) is 0 Å². The third kappa shape index (κ3) is 5.36. The molecule has 2 aliphatic heterocycles. The van der Waals surface area contributed by atoms with Crippen LogP contribution in [-0.2, 0) is 11.3 Å². The van der Waals surface area contributed by atoms with E-state index >= 15 is 0 Å². The average molecular weight is 494 g/mol. The van der Waals surface area contributed by atoms with E-state index in [4.69, 9.17) is 16.1 Å². The van der Waals surface area contributed by atoms with Gasteiger partial charge in [-0.1, -0.05) is 41.0 Å². The number of aromatic nitrogens is 2. The molecule has 2 saturated heterocycles. The summed E-state index contributed by atoms with van der Waals surface area (Å²) in [5.41, 5.74) is 4.76. The Morgan fingerprint density at radius 3 is 2.69 bits per heavy atom. The molecule has 5 rings (SSSR count). The van der Waals surface area contributed by atoms with Crippen LogP contribution in [0.15, 0.2) is 47.0 Å². The van der Waals surface area contributed by atoms with E-state index in [1.165, 1.54) is 16.8 Å². The maximum Gasteiger partial charge on any atom is 0.241 e. The summed E-state index contributed by atoms with van der Waals surface area (Å²) in [4.78, 5) is 24.6. The number of benzene rings is 2. The van der Waals surface area contributed by atoms with Crippen LogP contribution in [0, 0.1) is 19.8 Å². The summed E-state index contributed by atoms with van der Waals surface area (Å²) in [5.74, 6) is 1.40. The summed E-state index contributed by atoms with van der Waals surface area (Å²) in [6.45, 7) is 9.84. The molecule has 0 bridgehead atoms. The lowest BCUT2D eigenvalue weighted by atomic mass is 9.96. The SMILES string of the molecule is Cc1cccc(N2CCN(C(=O)C3CCCN(Cc4nc(-c5cccc(Cl)c5)no4)C3)CC2)c1C. The summed E-state index contributed by atoms with van der Waals surface area (Å²) < 4.78 is 5.50. The second kappa shape index (κ2) is 10.4. The Hall–Kier alpha value is -2.90. The minimum Gasteiger partial charge on any atom is -0.368 e. The van der Waals surface area contributed by atoms with Gasteiger partial charge in [-0.15, -0.1) is 0 Å². The molecule has 0 radical (unpaired) electrons. The van der Waals surface area contributed by atoms with Crippen molar-refractivity contribution in [2.75, 3.05) is 44.2 Å². The molecule has 2 aliphatic rings. The van der Waals surface area contributed by atoms with Gasteiger partial charge in [-0.25, -0.2) is 0 Å². The van der Waals surface area contributed by atoms with E-state index in [0.717, 1.165) is 57.7 Å². The van der Waals surface area contributed by atoms with Crippen molar-refractivity contribution in [2.45, 2.75) is 33.2 Å². The smallest absolute Gasteiger partial charge is 0.241 e. The van der Waals surface area contributed by atoms with Crippen LogP contribution in [0.4, 0.5) is 5.69 Å². The van der Waals surface area contributed by atoms with E-state index in [0.29, 0.717) is 23.3 Å². The molecule has 1 unspecified atom stereocenters. The summed E-state index contributed by atoms with van der Waals surface area (Å²) in [5, 5.41) is 4.75. The van der Waals surface area contributed by atoms with Crippen LogP contribution >= 0.6 is 11.6 Å². The first-order chi connectivity index (χ1) is 17.0. The molecule has 3 heterocycles. The van der Waals surface area contributed by atoms with Crippen molar-refractivity contribution in [3.8, 4) is 11.4 Å². The number of hydrogen-bond acceptors (Lipinski definition) is 6. The average Bonchev–Trinajstić information content (AvgIpc) is 3.34. The number of hydrogen-bond donors (Lipinski definition) is 0. The monoisotopic (exact) mass is 493 g/mol. The first-order valence-corrected chi connectivity index (χ1v) is 12.8. The zero-order valence-electron chi connectivity index (χ0n) is 20.4. The molecule has 1 amide bonds. The maximum atomic E-state index is 13.4. The number of rotatable bonds is 5. The molecule has 0 spiro atoms. The number of amides is 1. The zero-order valence-corrected chi connectivity index (χ0v) is 21.2. The Morgan fingerprint density at radius 2 is 1.89 bits per heavy atom. The Bertz CT molecular complexity index is 1190. The lowest BCUT2D eigenvalue weighted by Crippen LogP contribution is -2.52. The van der Waals surface area contributed by atoms with E-state index in [-0.39, 0.29) is 11.8 Å². The predicted molar refractivity (Wildman–Crippen MR) is 137 cm³/mol. The highest BCUT2D eigenvalue weighted by Crippen LogP contribution is 2.26. The number of aryl methyl sites for hydroxylation is 1. The molecule has 2 aromatic carbocycles. The minimum atomic E-state index is 0.0197. The van der Waals surface area contributed by atoms with Crippen LogP contribution in [-0.4, -0.2) is 65.1 Å². The molecule has 0 N–H and O–H groups in total. The Morgan fingerprint density at radius 1 is 1.09 bits per heavy atom. The van der Waals surface area contributed by atoms with Gasteiger partial charge in [0.2, 0.25) is 17.6 Å². The topological polar surface area (TPSA) is 65.7 Å². The Labute approximate surface area is 211 Å². The molecule has 0 aliphatic carbocycles. The highest BCUT2D eigenvalue weighted by molar-refractivity contribution is 6.30. The van der Waals surface area contributed by atoms with Crippen molar-refractivity contribution < 1.29 is 9.32 Å². The standard InChI is InChI=1S/C27H32ClN5O2/c1-19-6-3-10-24(20(19)2)32-12-14-33(15-13-32)27(34)22-8-5-11-31(17-22)18-25-29-26(30-35-25)21-7-4-9-23(28)16-21/h3-4,6-7,9-10,16,22H,5,8,11-15,17-18H2,1-2H3. The van der Waals surface area contributed by atoms with E-state index < -0.39 is 0 Å². The Balaban J connectivity index is 1.16. The number of carbonyl (C=O) groups is 1. The van der Waals surface area contributed by atoms with Gasteiger partial charge in [-0.05, 0) is 62.6 Å². The molecule has 2 fully saturated rings. The first-order valence-electron chi connectivity index (χ1n) is 12.4. The fourth-order valence-electron chi connectivity index (χ4n) is 5.16. The van der Waals surface area contributed by atoms with Crippen molar-refractivity contribution in [1.29, 1.82) is 0 Å². The van der Waals surface area contributed by atoms with Crippen molar-refractivity contribution in [3.63, 3.8) is 0 Å². The van der Waals surface area contributed by atoms with Gasteiger partial charge in [0.15, 0.2) is 0 Å². The van der Waals surface area contributed by atoms with Crippen LogP contribution in [0.2, 0.25) is 5.02 Å². The number of piperazine rings is 1. The number of nitrogens with zero attached hydrogens (tertiary/aromatic N) is 5. The van der Waals surface area contributed by atoms with Gasteiger partial charge >= 0.3 is 0 Å². The minimum absolute atomic E-state index is 0.0197. The molecule has 184 valence electrons. The number of carbonyl (C=O) groups excluding carboxylic acids is 1. The molecule has 0 saturated carbocycles. The summed E-state index contributed by atoms with van der Waals surface area (Å²) in [6, 6.07) is 13.9. The molecule has 3 aromatic rings. The van der Waals surface area contributed by atoms with E-state index in [9.17, 15) is 4.79 Å². The molecular formula is C27H32ClN5O2. The third-order valence-corrected chi connectivity index (χ3v) is 7.51. The largest absolute Gasteiger partial charge is 0.368 e. The molecular weight excluding hydrogens is 462 g/mol.